The molecular formula is C21H12Cl2N4OS. The molecule has 3 rings (SSSR count). The van der Waals surface area contributed by atoms with Crippen molar-refractivity contribution in [1.82, 2.24) is 4.98 Å². The Bertz CT molecular complexity index is 1200. The molecule has 0 saturated carbocycles. The summed E-state index contributed by atoms with van der Waals surface area (Å²) in [5.74, 6) is -0.155. The molecule has 0 unspecified atom stereocenters. The molecule has 0 aliphatic carbocycles. The van der Waals surface area contributed by atoms with Crippen molar-refractivity contribution in [2.45, 2.75) is 5.03 Å². The average molecular weight is 439 g/mol. The number of Topliss-reactive ketones (excluding diaryl/α,β-unsaturated/α-hetero) is 1. The van der Waals surface area contributed by atoms with E-state index in [-0.39, 0.29) is 33.5 Å². The van der Waals surface area contributed by atoms with Crippen LogP contribution in [0.25, 0.3) is 11.1 Å². The third-order valence-corrected chi connectivity index (χ3v) is 5.46. The number of carbonyl (C=O) groups excluding carboxylic acids is 1. The third-order valence-electron chi connectivity index (χ3n) is 4.02. The first-order valence-corrected chi connectivity index (χ1v) is 10.00. The molecule has 29 heavy (non-hydrogen) atoms. The molecule has 0 fully saturated rings. The van der Waals surface area contributed by atoms with Crippen LogP contribution in [0, 0.1) is 22.7 Å². The lowest BCUT2D eigenvalue weighted by Crippen LogP contribution is -2.06. The number of ketones is 1. The number of rotatable bonds is 5. The minimum Gasteiger partial charge on any atom is -0.383 e. The van der Waals surface area contributed by atoms with Crippen molar-refractivity contribution in [2.75, 3.05) is 11.5 Å². The minimum absolute atomic E-state index is 0.0146. The van der Waals surface area contributed by atoms with E-state index in [1.165, 1.54) is 0 Å². The Morgan fingerprint density at radius 3 is 2.31 bits per heavy atom. The van der Waals surface area contributed by atoms with Crippen LogP contribution in [0.3, 0.4) is 0 Å². The number of halogens is 2. The summed E-state index contributed by atoms with van der Waals surface area (Å²) in [4.78, 5) is 16.7. The molecule has 1 aromatic heterocycles. The molecule has 0 spiro atoms. The van der Waals surface area contributed by atoms with Crippen LogP contribution in [0.15, 0.2) is 53.6 Å². The number of anilines is 1. The van der Waals surface area contributed by atoms with Crippen LogP contribution in [0.4, 0.5) is 5.82 Å². The van der Waals surface area contributed by atoms with Gasteiger partial charge in [-0.1, -0.05) is 59.2 Å². The second-order valence-corrected chi connectivity index (χ2v) is 7.72. The van der Waals surface area contributed by atoms with Gasteiger partial charge in [-0.2, -0.15) is 10.5 Å². The first-order chi connectivity index (χ1) is 13.9. The van der Waals surface area contributed by atoms with Crippen molar-refractivity contribution >= 4 is 46.6 Å². The molecule has 2 aromatic carbocycles. The van der Waals surface area contributed by atoms with Crippen LogP contribution in [0.2, 0.25) is 10.0 Å². The quantitative estimate of drug-likeness (QED) is 0.424. The first-order valence-electron chi connectivity index (χ1n) is 8.25. The number of carbonyl (C=O) groups is 1. The maximum atomic E-state index is 12.5. The fraction of sp³-hybridized carbons (Fsp3) is 0.0476. The van der Waals surface area contributed by atoms with E-state index in [4.69, 9.17) is 28.9 Å². The van der Waals surface area contributed by atoms with Gasteiger partial charge in [-0.3, -0.25) is 4.79 Å². The lowest BCUT2D eigenvalue weighted by Gasteiger charge is -2.13. The minimum atomic E-state index is -0.171. The van der Waals surface area contributed by atoms with Crippen LogP contribution in [-0.4, -0.2) is 16.5 Å². The third kappa shape index (κ3) is 4.52. The van der Waals surface area contributed by atoms with Gasteiger partial charge in [0.05, 0.1) is 11.3 Å². The SMILES string of the molecule is N#Cc1c(N)nc(SCC(=O)c2cccc(Cl)c2)c(C#N)c1-c1cccc(Cl)c1. The van der Waals surface area contributed by atoms with E-state index < -0.39 is 0 Å². The zero-order chi connectivity index (χ0) is 21.0. The highest BCUT2D eigenvalue weighted by Gasteiger charge is 2.21. The Morgan fingerprint density at radius 1 is 1.03 bits per heavy atom. The predicted molar refractivity (Wildman–Crippen MR) is 115 cm³/mol. The summed E-state index contributed by atoms with van der Waals surface area (Å²) in [7, 11) is 0. The highest BCUT2D eigenvalue weighted by Crippen LogP contribution is 2.36. The van der Waals surface area contributed by atoms with Gasteiger partial charge in [0, 0.05) is 21.2 Å². The monoisotopic (exact) mass is 438 g/mol. The molecule has 5 nitrogen and oxygen atoms in total. The number of nitrogens with two attached hydrogens (primary N) is 1. The molecule has 8 heteroatoms. The molecule has 0 radical (unpaired) electrons. The molecule has 1 heterocycles. The number of nitrogen functional groups attached to an aromatic ring is 1. The fourth-order valence-corrected chi connectivity index (χ4v) is 3.98. The summed E-state index contributed by atoms with van der Waals surface area (Å²) in [5, 5.41) is 20.5. The topological polar surface area (TPSA) is 104 Å². The van der Waals surface area contributed by atoms with E-state index in [0.29, 0.717) is 26.7 Å². The zero-order valence-corrected chi connectivity index (χ0v) is 17.1. The number of nitriles is 2. The number of pyridine rings is 1. The standard InChI is InChI=1S/C21H12Cl2N4OS/c22-14-5-1-3-12(7-14)18(28)11-29-21-17(10-25)19(16(9-24)20(26)27-21)13-4-2-6-15(23)8-13/h1-8H,11H2,(H2,26,27). The molecule has 142 valence electrons. The van der Waals surface area contributed by atoms with Crippen molar-refractivity contribution < 1.29 is 4.79 Å². The first kappa shape index (κ1) is 20.7. The summed E-state index contributed by atoms with van der Waals surface area (Å²) in [5.41, 5.74) is 7.62. The Kier molecular flexibility index (Phi) is 6.41. The van der Waals surface area contributed by atoms with E-state index in [9.17, 15) is 15.3 Å². The maximum absolute atomic E-state index is 12.5. The highest BCUT2D eigenvalue weighted by atomic mass is 35.5. The van der Waals surface area contributed by atoms with Gasteiger partial charge >= 0.3 is 0 Å². The Labute approximate surface area is 181 Å². The number of benzene rings is 2. The van der Waals surface area contributed by atoms with E-state index >= 15 is 0 Å². The van der Waals surface area contributed by atoms with Crippen LogP contribution in [-0.2, 0) is 0 Å². The van der Waals surface area contributed by atoms with Gasteiger partial charge in [-0.05, 0) is 29.8 Å². The highest BCUT2D eigenvalue weighted by molar-refractivity contribution is 8.00. The number of thioether (sulfide) groups is 1. The molecule has 0 atom stereocenters. The largest absolute Gasteiger partial charge is 0.383 e. The van der Waals surface area contributed by atoms with Gasteiger partial charge in [0.1, 0.15) is 28.5 Å². The van der Waals surface area contributed by atoms with E-state index in [2.05, 4.69) is 11.1 Å². The smallest absolute Gasteiger partial charge is 0.173 e. The molecule has 0 amide bonds. The number of nitrogens with zero attached hydrogens (tertiary/aromatic N) is 3. The average Bonchev–Trinajstić information content (AvgIpc) is 2.71. The molecule has 0 aliphatic rings. The van der Waals surface area contributed by atoms with Gasteiger partial charge in [0.15, 0.2) is 5.78 Å². The van der Waals surface area contributed by atoms with Crippen molar-refractivity contribution in [1.29, 1.82) is 10.5 Å². The van der Waals surface area contributed by atoms with Crippen LogP contribution >= 0.6 is 35.0 Å². The van der Waals surface area contributed by atoms with Crippen LogP contribution in [0.5, 0.6) is 0 Å². The molecule has 2 N–H and O–H groups in total. The van der Waals surface area contributed by atoms with Gasteiger partial charge < -0.3 is 5.73 Å². The summed E-state index contributed by atoms with van der Waals surface area (Å²) >= 11 is 13.1. The number of aromatic nitrogens is 1. The van der Waals surface area contributed by atoms with E-state index in [1.54, 1.807) is 48.5 Å². The fourth-order valence-electron chi connectivity index (χ4n) is 2.71. The Hall–Kier alpha value is -3.03. The summed E-state index contributed by atoms with van der Waals surface area (Å²) < 4.78 is 0. The number of hydrogen-bond donors (Lipinski definition) is 1. The number of hydrogen-bond acceptors (Lipinski definition) is 6. The molecule has 0 bridgehead atoms. The van der Waals surface area contributed by atoms with Gasteiger partial charge in [0.25, 0.3) is 0 Å². The second kappa shape index (κ2) is 8.98. The molecular weight excluding hydrogens is 427 g/mol. The Balaban J connectivity index is 2.03. The van der Waals surface area contributed by atoms with Crippen molar-refractivity contribution in [3.8, 4) is 23.3 Å². The lowest BCUT2D eigenvalue weighted by atomic mass is 9.97. The zero-order valence-electron chi connectivity index (χ0n) is 14.8. The predicted octanol–water partition coefficient (Wildman–Crippen LogP) is 5.36. The lowest BCUT2D eigenvalue weighted by molar-refractivity contribution is 0.102. The summed E-state index contributed by atoms with van der Waals surface area (Å²) in [6, 6.07) is 17.5. The van der Waals surface area contributed by atoms with Crippen molar-refractivity contribution in [2.24, 2.45) is 0 Å². The van der Waals surface area contributed by atoms with Crippen molar-refractivity contribution in [3.63, 3.8) is 0 Å². The van der Waals surface area contributed by atoms with Gasteiger partial charge in [0.2, 0.25) is 0 Å². The second-order valence-electron chi connectivity index (χ2n) is 5.88. The normalized spacial score (nSPS) is 10.2. The summed E-state index contributed by atoms with van der Waals surface area (Å²) in [6.45, 7) is 0. The van der Waals surface area contributed by atoms with Gasteiger partial charge in [-0.15, -0.1) is 0 Å². The molecule has 0 saturated heterocycles. The summed E-state index contributed by atoms with van der Waals surface area (Å²) in [6.07, 6.45) is 0. The maximum Gasteiger partial charge on any atom is 0.173 e. The van der Waals surface area contributed by atoms with Crippen molar-refractivity contribution in [3.05, 3.63) is 75.3 Å². The van der Waals surface area contributed by atoms with Crippen LogP contribution < -0.4 is 5.73 Å². The molecule has 0 aliphatic heterocycles. The van der Waals surface area contributed by atoms with Gasteiger partial charge in [-0.25, -0.2) is 4.98 Å². The Morgan fingerprint density at radius 2 is 1.69 bits per heavy atom. The van der Waals surface area contributed by atoms with E-state index in [1.807, 2.05) is 6.07 Å². The van der Waals surface area contributed by atoms with E-state index in [0.717, 1.165) is 11.8 Å². The van der Waals surface area contributed by atoms with Crippen LogP contribution in [0.1, 0.15) is 21.5 Å². The molecule has 3 aromatic rings.